The van der Waals surface area contributed by atoms with E-state index in [2.05, 4.69) is 5.32 Å². The van der Waals surface area contributed by atoms with Crippen LogP contribution >= 0.6 is 0 Å². The average molecular weight is 357 g/mol. The summed E-state index contributed by atoms with van der Waals surface area (Å²) in [6, 6.07) is 14.2. The molecule has 0 saturated carbocycles. The monoisotopic (exact) mass is 357 g/mol. The Morgan fingerprint density at radius 2 is 1.73 bits per heavy atom. The lowest BCUT2D eigenvalue weighted by Gasteiger charge is -2.09. The highest BCUT2D eigenvalue weighted by molar-refractivity contribution is 5.91. The molecule has 0 aliphatic rings. The number of carbonyl (C=O) groups is 2. The van der Waals surface area contributed by atoms with Crippen molar-refractivity contribution in [3.63, 3.8) is 0 Å². The predicted octanol–water partition coefficient (Wildman–Crippen LogP) is 3.51. The molecule has 2 aromatic carbocycles. The summed E-state index contributed by atoms with van der Waals surface area (Å²) in [5.41, 5.74) is 1.47. The van der Waals surface area contributed by atoms with Gasteiger partial charge in [0.1, 0.15) is 11.5 Å². The van der Waals surface area contributed by atoms with Crippen molar-refractivity contribution in [1.29, 1.82) is 0 Å². The van der Waals surface area contributed by atoms with Gasteiger partial charge in [-0.05, 0) is 54.8 Å². The number of anilines is 1. The number of carbonyl (C=O) groups excluding carboxylic acids is 1. The topological polar surface area (TPSA) is 84.9 Å². The van der Waals surface area contributed by atoms with Crippen molar-refractivity contribution in [2.45, 2.75) is 26.2 Å². The molecule has 26 heavy (non-hydrogen) atoms. The number of rotatable bonds is 10. The predicted molar refractivity (Wildman–Crippen MR) is 98.8 cm³/mol. The summed E-state index contributed by atoms with van der Waals surface area (Å²) in [7, 11) is 0. The summed E-state index contributed by atoms with van der Waals surface area (Å²) < 4.78 is 11.0. The van der Waals surface area contributed by atoms with E-state index >= 15 is 0 Å². The molecule has 0 spiro atoms. The molecule has 6 heteroatoms. The fourth-order valence-electron chi connectivity index (χ4n) is 2.25. The first-order valence-electron chi connectivity index (χ1n) is 8.53. The third kappa shape index (κ3) is 6.84. The van der Waals surface area contributed by atoms with Crippen LogP contribution in [-0.4, -0.2) is 30.2 Å². The fraction of sp³-hybridized carbons (Fsp3) is 0.300. The molecule has 0 aromatic heterocycles. The highest BCUT2D eigenvalue weighted by atomic mass is 16.5. The van der Waals surface area contributed by atoms with E-state index in [1.54, 1.807) is 42.5 Å². The minimum Gasteiger partial charge on any atom is -0.494 e. The molecule has 2 aromatic rings. The number of hydrogen-bond donors (Lipinski definition) is 2. The van der Waals surface area contributed by atoms with Crippen LogP contribution in [0.2, 0.25) is 0 Å². The van der Waals surface area contributed by atoms with Crippen LogP contribution in [0.4, 0.5) is 5.69 Å². The van der Waals surface area contributed by atoms with Crippen molar-refractivity contribution < 1.29 is 24.2 Å². The Balaban J connectivity index is 1.81. The van der Waals surface area contributed by atoms with Crippen molar-refractivity contribution in [2.75, 3.05) is 18.5 Å². The first kappa shape index (κ1) is 19.3. The number of benzene rings is 2. The van der Waals surface area contributed by atoms with Gasteiger partial charge in [-0.1, -0.05) is 19.1 Å². The number of hydrogen-bond acceptors (Lipinski definition) is 4. The number of amides is 1. The first-order chi connectivity index (χ1) is 12.6. The maximum atomic E-state index is 12.0. The van der Waals surface area contributed by atoms with Gasteiger partial charge in [0.15, 0.2) is 6.61 Å². The number of aryl methyl sites for hydroxylation is 1. The van der Waals surface area contributed by atoms with Crippen molar-refractivity contribution in [3.8, 4) is 11.5 Å². The van der Waals surface area contributed by atoms with Crippen LogP contribution in [0.15, 0.2) is 48.5 Å². The van der Waals surface area contributed by atoms with Gasteiger partial charge in [0.05, 0.1) is 6.61 Å². The quantitative estimate of drug-likeness (QED) is 0.680. The van der Waals surface area contributed by atoms with Crippen LogP contribution < -0.4 is 14.8 Å². The summed E-state index contributed by atoms with van der Waals surface area (Å²) in [6.45, 7) is 2.58. The summed E-state index contributed by atoms with van der Waals surface area (Å²) in [4.78, 5) is 22.7. The second kappa shape index (κ2) is 10.1. The van der Waals surface area contributed by atoms with Crippen molar-refractivity contribution in [2.24, 2.45) is 0 Å². The van der Waals surface area contributed by atoms with E-state index in [-0.39, 0.29) is 18.9 Å². The second-order valence-corrected chi connectivity index (χ2v) is 5.75. The standard InChI is InChI=1S/C20H23NO5/c1-2-12-25-17-7-9-18(10-8-17)26-14-19(22)21-16-5-3-4-15(13-16)6-11-20(23)24/h3-5,7-10,13H,2,6,11-12,14H2,1H3,(H,21,22)(H,23,24). The zero-order chi connectivity index (χ0) is 18.8. The Morgan fingerprint density at radius 3 is 2.38 bits per heavy atom. The molecule has 0 atom stereocenters. The normalized spacial score (nSPS) is 10.2. The third-order valence-corrected chi connectivity index (χ3v) is 3.50. The molecule has 2 rings (SSSR count). The summed E-state index contributed by atoms with van der Waals surface area (Å²) in [5.74, 6) is 0.215. The highest BCUT2D eigenvalue weighted by Gasteiger charge is 2.06. The lowest BCUT2D eigenvalue weighted by molar-refractivity contribution is -0.137. The fourth-order valence-corrected chi connectivity index (χ4v) is 2.25. The number of ether oxygens (including phenoxy) is 2. The SMILES string of the molecule is CCCOc1ccc(OCC(=O)Nc2cccc(CCC(=O)O)c2)cc1. The van der Waals surface area contributed by atoms with Crippen LogP contribution in [0.1, 0.15) is 25.3 Å². The molecule has 138 valence electrons. The molecule has 1 amide bonds. The molecule has 0 aliphatic heterocycles. The number of nitrogens with one attached hydrogen (secondary N) is 1. The van der Waals surface area contributed by atoms with Gasteiger partial charge in [-0.2, -0.15) is 0 Å². The van der Waals surface area contributed by atoms with Gasteiger partial charge in [0, 0.05) is 12.1 Å². The van der Waals surface area contributed by atoms with Crippen molar-refractivity contribution in [1.82, 2.24) is 0 Å². The molecule has 0 saturated heterocycles. The van der Waals surface area contributed by atoms with E-state index in [0.717, 1.165) is 17.7 Å². The number of carboxylic acids is 1. The minimum atomic E-state index is -0.848. The lowest BCUT2D eigenvalue weighted by Crippen LogP contribution is -2.20. The molecule has 0 aliphatic carbocycles. The van der Waals surface area contributed by atoms with Crippen LogP contribution in [0.25, 0.3) is 0 Å². The Hall–Kier alpha value is -3.02. The van der Waals surface area contributed by atoms with Crippen LogP contribution in [0.3, 0.4) is 0 Å². The summed E-state index contributed by atoms with van der Waals surface area (Å²) in [5, 5.41) is 11.5. The average Bonchev–Trinajstić information content (AvgIpc) is 2.64. The molecule has 0 radical (unpaired) electrons. The van der Waals surface area contributed by atoms with E-state index in [4.69, 9.17) is 14.6 Å². The molecule has 2 N–H and O–H groups in total. The van der Waals surface area contributed by atoms with Gasteiger partial charge in [0.2, 0.25) is 0 Å². The van der Waals surface area contributed by atoms with Crippen LogP contribution in [0, 0.1) is 0 Å². The lowest BCUT2D eigenvalue weighted by atomic mass is 10.1. The second-order valence-electron chi connectivity index (χ2n) is 5.75. The van der Waals surface area contributed by atoms with E-state index in [9.17, 15) is 9.59 Å². The molecule has 0 unspecified atom stereocenters. The van der Waals surface area contributed by atoms with E-state index in [1.807, 2.05) is 13.0 Å². The van der Waals surface area contributed by atoms with Crippen molar-refractivity contribution in [3.05, 3.63) is 54.1 Å². The summed E-state index contributed by atoms with van der Waals surface area (Å²) >= 11 is 0. The third-order valence-electron chi connectivity index (χ3n) is 3.50. The molecule has 6 nitrogen and oxygen atoms in total. The van der Waals surface area contributed by atoms with Crippen molar-refractivity contribution >= 4 is 17.6 Å². The highest BCUT2D eigenvalue weighted by Crippen LogP contribution is 2.18. The minimum absolute atomic E-state index is 0.0540. The van der Waals surface area contributed by atoms with E-state index < -0.39 is 5.97 Å². The number of aliphatic carboxylic acids is 1. The van der Waals surface area contributed by atoms with Gasteiger partial charge in [-0.15, -0.1) is 0 Å². The maximum absolute atomic E-state index is 12.0. The molecular formula is C20H23NO5. The molecule has 0 fully saturated rings. The number of carboxylic acid groups (broad SMARTS) is 1. The van der Waals surface area contributed by atoms with E-state index in [0.29, 0.717) is 24.5 Å². The summed E-state index contributed by atoms with van der Waals surface area (Å²) in [6.07, 6.45) is 1.41. The van der Waals surface area contributed by atoms with Gasteiger partial charge < -0.3 is 19.9 Å². The van der Waals surface area contributed by atoms with Crippen LogP contribution in [-0.2, 0) is 16.0 Å². The largest absolute Gasteiger partial charge is 0.494 e. The maximum Gasteiger partial charge on any atom is 0.303 e. The zero-order valence-corrected chi connectivity index (χ0v) is 14.7. The van der Waals surface area contributed by atoms with Gasteiger partial charge in [-0.25, -0.2) is 0 Å². The molecule has 0 heterocycles. The first-order valence-corrected chi connectivity index (χ1v) is 8.53. The zero-order valence-electron chi connectivity index (χ0n) is 14.7. The van der Waals surface area contributed by atoms with E-state index in [1.165, 1.54) is 0 Å². The molecular weight excluding hydrogens is 334 g/mol. The van der Waals surface area contributed by atoms with Crippen LogP contribution in [0.5, 0.6) is 11.5 Å². The Kier molecular flexibility index (Phi) is 7.49. The molecule has 0 bridgehead atoms. The smallest absolute Gasteiger partial charge is 0.303 e. The van der Waals surface area contributed by atoms with Gasteiger partial charge in [0.25, 0.3) is 5.91 Å². The Labute approximate surface area is 152 Å². The van der Waals surface area contributed by atoms with Gasteiger partial charge in [-0.3, -0.25) is 9.59 Å². The Morgan fingerprint density at radius 1 is 1.04 bits per heavy atom. The Bertz CT molecular complexity index is 727. The van der Waals surface area contributed by atoms with Gasteiger partial charge >= 0.3 is 5.97 Å².